The number of nitrogens with zero attached hydrogens (tertiary/aromatic N) is 1. The molecular formula is C17H34N2. The van der Waals surface area contributed by atoms with Gasteiger partial charge in [0.05, 0.1) is 0 Å². The van der Waals surface area contributed by atoms with E-state index in [9.17, 15) is 0 Å². The van der Waals surface area contributed by atoms with Crippen molar-refractivity contribution in [1.82, 2.24) is 10.2 Å². The third-order valence-corrected chi connectivity index (χ3v) is 5.13. The normalized spacial score (nSPS) is 28.1. The van der Waals surface area contributed by atoms with Crippen molar-refractivity contribution in [1.29, 1.82) is 0 Å². The van der Waals surface area contributed by atoms with Gasteiger partial charge in [0.1, 0.15) is 0 Å². The fourth-order valence-electron chi connectivity index (χ4n) is 3.84. The summed E-state index contributed by atoms with van der Waals surface area (Å²) in [6.45, 7) is 13.2. The molecule has 1 spiro atoms. The first-order valence-corrected chi connectivity index (χ1v) is 8.44. The Balaban J connectivity index is 1.98. The van der Waals surface area contributed by atoms with E-state index in [1.807, 2.05) is 0 Å². The van der Waals surface area contributed by atoms with E-state index < -0.39 is 0 Å². The van der Waals surface area contributed by atoms with Gasteiger partial charge in [-0.05, 0) is 37.6 Å². The third kappa shape index (κ3) is 3.95. The van der Waals surface area contributed by atoms with Gasteiger partial charge in [-0.2, -0.15) is 0 Å². The molecule has 1 atom stereocenters. The summed E-state index contributed by atoms with van der Waals surface area (Å²) in [6.07, 6.45) is 9.68. The molecule has 0 aromatic carbocycles. The van der Waals surface area contributed by atoms with E-state index in [1.165, 1.54) is 64.6 Å². The quantitative estimate of drug-likeness (QED) is 0.832. The molecule has 2 rings (SSSR count). The summed E-state index contributed by atoms with van der Waals surface area (Å²) in [5.74, 6) is 0. The lowest BCUT2D eigenvalue weighted by Crippen LogP contribution is -2.63. The van der Waals surface area contributed by atoms with Crippen LogP contribution in [0.5, 0.6) is 0 Å². The van der Waals surface area contributed by atoms with Crippen LogP contribution in [-0.2, 0) is 0 Å². The van der Waals surface area contributed by atoms with Crippen LogP contribution in [-0.4, -0.2) is 36.1 Å². The Bertz CT molecular complexity index is 273. The van der Waals surface area contributed by atoms with Gasteiger partial charge in [0.25, 0.3) is 0 Å². The van der Waals surface area contributed by atoms with E-state index in [4.69, 9.17) is 0 Å². The molecule has 1 aliphatic heterocycles. The predicted octanol–water partition coefficient (Wildman–Crippen LogP) is 3.81. The minimum Gasteiger partial charge on any atom is -0.311 e. The van der Waals surface area contributed by atoms with Gasteiger partial charge in [0.15, 0.2) is 0 Å². The number of hydrogen-bond acceptors (Lipinski definition) is 2. The molecule has 1 heterocycles. The minimum atomic E-state index is 0.463. The van der Waals surface area contributed by atoms with Gasteiger partial charge < -0.3 is 5.32 Å². The van der Waals surface area contributed by atoms with Crippen molar-refractivity contribution in [2.45, 2.75) is 84.2 Å². The number of nitrogens with one attached hydrogen (secondary N) is 1. The van der Waals surface area contributed by atoms with Crippen molar-refractivity contribution < 1.29 is 0 Å². The molecule has 0 aromatic heterocycles. The summed E-state index contributed by atoms with van der Waals surface area (Å²) >= 11 is 0. The lowest BCUT2D eigenvalue weighted by molar-refractivity contribution is 0.0324. The van der Waals surface area contributed by atoms with Gasteiger partial charge in [0, 0.05) is 24.7 Å². The first-order valence-electron chi connectivity index (χ1n) is 8.44. The van der Waals surface area contributed by atoms with E-state index in [0.717, 1.165) is 6.04 Å². The van der Waals surface area contributed by atoms with E-state index in [0.29, 0.717) is 11.0 Å². The molecule has 0 bridgehead atoms. The third-order valence-electron chi connectivity index (χ3n) is 5.13. The Morgan fingerprint density at radius 1 is 1.21 bits per heavy atom. The summed E-state index contributed by atoms with van der Waals surface area (Å²) < 4.78 is 0. The standard InChI is InChI=1S/C17H34N2/c1-5-8-15-13-19(12-11-16(2,3)4)17(14-18-15)9-6-7-10-17/h15,18H,5-14H2,1-4H3. The second-order valence-electron chi connectivity index (χ2n) is 8.05. The lowest BCUT2D eigenvalue weighted by Gasteiger charge is -2.49. The molecule has 1 saturated carbocycles. The maximum absolute atomic E-state index is 3.84. The molecule has 1 unspecified atom stereocenters. The van der Waals surface area contributed by atoms with E-state index in [2.05, 4.69) is 37.9 Å². The molecule has 2 aliphatic rings. The molecule has 2 fully saturated rings. The zero-order valence-electron chi connectivity index (χ0n) is 13.6. The highest BCUT2D eigenvalue weighted by Gasteiger charge is 2.43. The second kappa shape index (κ2) is 6.13. The molecule has 19 heavy (non-hydrogen) atoms. The molecule has 112 valence electrons. The van der Waals surface area contributed by atoms with Gasteiger partial charge >= 0.3 is 0 Å². The molecule has 0 radical (unpaired) electrons. The van der Waals surface area contributed by atoms with Gasteiger partial charge in [-0.3, -0.25) is 4.90 Å². The van der Waals surface area contributed by atoms with Crippen LogP contribution in [0.2, 0.25) is 0 Å². The monoisotopic (exact) mass is 266 g/mol. The van der Waals surface area contributed by atoms with Crippen molar-refractivity contribution >= 4 is 0 Å². The van der Waals surface area contributed by atoms with E-state index in [1.54, 1.807) is 0 Å². The first kappa shape index (κ1) is 15.3. The summed E-state index contributed by atoms with van der Waals surface area (Å²) in [5.41, 5.74) is 0.973. The molecule has 2 heteroatoms. The average molecular weight is 266 g/mol. The van der Waals surface area contributed by atoms with Gasteiger partial charge in [-0.15, -0.1) is 0 Å². The first-order chi connectivity index (χ1) is 8.95. The highest BCUT2D eigenvalue weighted by molar-refractivity contribution is 5.01. The van der Waals surface area contributed by atoms with Crippen molar-refractivity contribution in [2.24, 2.45) is 5.41 Å². The van der Waals surface area contributed by atoms with Gasteiger partial charge in [0.2, 0.25) is 0 Å². The molecule has 1 N–H and O–H groups in total. The number of hydrogen-bond donors (Lipinski definition) is 1. The summed E-state index contributed by atoms with van der Waals surface area (Å²) in [7, 11) is 0. The fourth-order valence-corrected chi connectivity index (χ4v) is 3.84. The lowest BCUT2D eigenvalue weighted by atomic mass is 9.87. The topological polar surface area (TPSA) is 15.3 Å². The zero-order valence-corrected chi connectivity index (χ0v) is 13.6. The summed E-state index contributed by atoms with van der Waals surface area (Å²) in [5, 5.41) is 3.84. The predicted molar refractivity (Wildman–Crippen MR) is 83.5 cm³/mol. The van der Waals surface area contributed by atoms with Crippen LogP contribution < -0.4 is 5.32 Å². The van der Waals surface area contributed by atoms with Crippen LogP contribution in [0.3, 0.4) is 0 Å². The van der Waals surface area contributed by atoms with Crippen molar-refractivity contribution in [3.05, 3.63) is 0 Å². The zero-order chi connectivity index (χ0) is 13.9. The second-order valence-corrected chi connectivity index (χ2v) is 8.05. The van der Waals surface area contributed by atoms with Crippen LogP contribution >= 0.6 is 0 Å². The van der Waals surface area contributed by atoms with Gasteiger partial charge in [-0.25, -0.2) is 0 Å². The van der Waals surface area contributed by atoms with E-state index >= 15 is 0 Å². The SMILES string of the molecule is CCCC1CN(CCC(C)(C)C)C2(CCCC2)CN1. The molecule has 0 amide bonds. The Hall–Kier alpha value is -0.0800. The minimum absolute atomic E-state index is 0.463. The molecule has 1 saturated heterocycles. The smallest absolute Gasteiger partial charge is 0.0334 e. The Kier molecular flexibility index (Phi) is 4.94. The van der Waals surface area contributed by atoms with Crippen LogP contribution in [0.1, 0.15) is 72.6 Å². The highest BCUT2D eigenvalue weighted by atomic mass is 15.3. The average Bonchev–Trinajstić information content (AvgIpc) is 2.79. The largest absolute Gasteiger partial charge is 0.311 e. The van der Waals surface area contributed by atoms with Crippen LogP contribution in [0.4, 0.5) is 0 Å². The molecule has 2 nitrogen and oxygen atoms in total. The number of piperazine rings is 1. The summed E-state index contributed by atoms with van der Waals surface area (Å²) in [6, 6.07) is 0.733. The molecular weight excluding hydrogens is 232 g/mol. The fraction of sp³-hybridized carbons (Fsp3) is 1.00. The van der Waals surface area contributed by atoms with Crippen LogP contribution in [0.15, 0.2) is 0 Å². The number of rotatable bonds is 4. The maximum Gasteiger partial charge on any atom is 0.0334 e. The molecule has 1 aliphatic carbocycles. The Morgan fingerprint density at radius 3 is 2.47 bits per heavy atom. The van der Waals surface area contributed by atoms with Crippen molar-refractivity contribution in [3.8, 4) is 0 Å². The van der Waals surface area contributed by atoms with E-state index in [-0.39, 0.29) is 0 Å². The molecule has 0 aromatic rings. The highest BCUT2D eigenvalue weighted by Crippen LogP contribution is 2.38. The van der Waals surface area contributed by atoms with Crippen LogP contribution in [0.25, 0.3) is 0 Å². The Labute approximate surface area is 120 Å². The Morgan fingerprint density at radius 2 is 1.89 bits per heavy atom. The maximum atomic E-state index is 3.84. The summed E-state index contributed by atoms with van der Waals surface area (Å²) in [4.78, 5) is 2.86. The van der Waals surface area contributed by atoms with Gasteiger partial charge in [-0.1, -0.05) is 47.0 Å². The van der Waals surface area contributed by atoms with Crippen molar-refractivity contribution in [3.63, 3.8) is 0 Å². The van der Waals surface area contributed by atoms with Crippen molar-refractivity contribution in [2.75, 3.05) is 19.6 Å². The van der Waals surface area contributed by atoms with Crippen LogP contribution in [0, 0.1) is 5.41 Å².